The molecule has 0 N–H and O–H groups in total. The minimum atomic E-state index is -3.61. The number of para-hydroxylation sites is 1. The van der Waals surface area contributed by atoms with E-state index < -0.39 is 22.0 Å². The average Bonchev–Trinajstić information content (AvgIpc) is 3.30. The molecule has 32 heavy (non-hydrogen) atoms. The number of carbonyl (C=O) groups is 1. The Morgan fingerprint density at radius 1 is 1.16 bits per heavy atom. The van der Waals surface area contributed by atoms with E-state index in [1.807, 2.05) is 36.4 Å². The van der Waals surface area contributed by atoms with Gasteiger partial charge in [0, 0.05) is 13.0 Å². The highest BCUT2D eigenvalue weighted by Crippen LogP contribution is 2.28. The summed E-state index contributed by atoms with van der Waals surface area (Å²) in [6.07, 6.45) is 0.241. The molecular formula is C22H23N3O6S. The van der Waals surface area contributed by atoms with Crippen LogP contribution in [0.3, 0.4) is 0 Å². The van der Waals surface area contributed by atoms with Crippen LogP contribution in [0.4, 0.5) is 0 Å². The summed E-state index contributed by atoms with van der Waals surface area (Å²) >= 11 is 0. The molecule has 0 fully saturated rings. The molecule has 0 radical (unpaired) electrons. The molecule has 0 amide bonds. The van der Waals surface area contributed by atoms with E-state index in [0.29, 0.717) is 17.1 Å². The Balaban J connectivity index is 1.50. The lowest BCUT2D eigenvalue weighted by molar-refractivity contribution is -0.150. The number of sulfonamides is 1. The van der Waals surface area contributed by atoms with Gasteiger partial charge in [-0.25, -0.2) is 8.42 Å². The summed E-state index contributed by atoms with van der Waals surface area (Å²) in [5, 5.41) is 3.92. The second-order valence-electron chi connectivity index (χ2n) is 7.25. The van der Waals surface area contributed by atoms with Crippen LogP contribution in [0.15, 0.2) is 53.1 Å². The van der Waals surface area contributed by atoms with Crippen molar-refractivity contribution in [2.24, 2.45) is 0 Å². The highest BCUT2D eigenvalue weighted by atomic mass is 32.2. The van der Waals surface area contributed by atoms with Gasteiger partial charge in [-0.05, 0) is 30.2 Å². The van der Waals surface area contributed by atoms with Gasteiger partial charge in [-0.15, -0.1) is 0 Å². The fourth-order valence-electron chi connectivity index (χ4n) is 3.64. The van der Waals surface area contributed by atoms with Crippen LogP contribution in [0.1, 0.15) is 23.9 Å². The quantitative estimate of drug-likeness (QED) is 0.498. The topological polar surface area (TPSA) is 112 Å². The molecule has 0 saturated carbocycles. The summed E-state index contributed by atoms with van der Waals surface area (Å²) in [6.45, 7) is 1.42. The predicted octanol–water partition coefficient (Wildman–Crippen LogP) is 2.57. The van der Waals surface area contributed by atoms with Crippen molar-refractivity contribution in [2.75, 3.05) is 12.9 Å². The number of ether oxygens (including phenoxy) is 2. The van der Waals surface area contributed by atoms with Crippen LogP contribution in [0.2, 0.25) is 0 Å². The Kier molecular flexibility index (Phi) is 6.24. The van der Waals surface area contributed by atoms with Crippen molar-refractivity contribution in [1.82, 2.24) is 14.4 Å². The third-order valence-electron chi connectivity index (χ3n) is 5.35. The van der Waals surface area contributed by atoms with Gasteiger partial charge in [0.2, 0.25) is 15.8 Å². The first-order valence-corrected chi connectivity index (χ1v) is 11.7. The number of carbonyl (C=O) groups excluding carboxylic acids is 1. The van der Waals surface area contributed by atoms with E-state index in [0.717, 1.165) is 11.1 Å². The summed E-state index contributed by atoms with van der Waals surface area (Å²) < 4.78 is 42.4. The van der Waals surface area contributed by atoms with Crippen LogP contribution < -0.4 is 4.74 Å². The van der Waals surface area contributed by atoms with Crippen LogP contribution in [0, 0.1) is 0 Å². The zero-order valence-corrected chi connectivity index (χ0v) is 18.5. The second kappa shape index (κ2) is 9.09. The number of rotatable bonds is 7. The average molecular weight is 458 g/mol. The van der Waals surface area contributed by atoms with E-state index in [9.17, 15) is 13.2 Å². The highest BCUT2D eigenvalue weighted by Gasteiger charge is 2.39. The lowest BCUT2D eigenvalue weighted by Gasteiger charge is -2.34. The summed E-state index contributed by atoms with van der Waals surface area (Å²) in [6, 6.07) is 13.7. The number of aromatic nitrogens is 2. The Morgan fingerprint density at radius 3 is 2.62 bits per heavy atom. The third-order valence-corrected chi connectivity index (χ3v) is 7.18. The molecule has 10 heteroatoms. The number of methoxy groups -OCH3 is 1. The van der Waals surface area contributed by atoms with E-state index in [2.05, 4.69) is 10.1 Å². The van der Waals surface area contributed by atoms with Gasteiger partial charge < -0.3 is 14.0 Å². The SMILES string of the molecule is CCS(=O)(=O)N1Cc2ccccc2C[C@@H]1C(=O)OCc1nc(-c2ccccc2OC)no1. The highest BCUT2D eigenvalue weighted by molar-refractivity contribution is 7.89. The van der Waals surface area contributed by atoms with Crippen LogP contribution in [0.5, 0.6) is 5.75 Å². The Labute approximate surface area is 186 Å². The maximum Gasteiger partial charge on any atom is 0.325 e. The molecule has 0 aliphatic carbocycles. The fourth-order valence-corrected chi connectivity index (χ4v) is 4.86. The van der Waals surface area contributed by atoms with Crippen molar-refractivity contribution in [3.05, 3.63) is 65.5 Å². The number of fused-ring (bicyclic) bond motifs is 1. The number of esters is 1. The molecule has 0 unspecified atom stereocenters. The molecule has 0 spiro atoms. The first-order valence-electron chi connectivity index (χ1n) is 10.1. The zero-order valence-electron chi connectivity index (χ0n) is 17.7. The maximum atomic E-state index is 12.9. The number of hydrogen-bond acceptors (Lipinski definition) is 8. The number of nitrogens with zero attached hydrogens (tertiary/aromatic N) is 3. The molecule has 0 saturated heterocycles. The molecule has 1 aliphatic rings. The van der Waals surface area contributed by atoms with Crippen molar-refractivity contribution >= 4 is 16.0 Å². The first-order chi connectivity index (χ1) is 15.4. The first kappa shape index (κ1) is 22.0. The van der Waals surface area contributed by atoms with E-state index in [1.54, 1.807) is 26.2 Å². The van der Waals surface area contributed by atoms with Crippen LogP contribution in [-0.2, 0) is 39.1 Å². The summed E-state index contributed by atoms with van der Waals surface area (Å²) in [5.41, 5.74) is 2.45. The summed E-state index contributed by atoms with van der Waals surface area (Å²) in [5.74, 6) is 0.215. The van der Waals surface area contributed by atoms with Gasteiger partial charge >= 0.3 is 5.97 Å². The van der Waals surface area contributed by atoms with Gasteiger partial charge in [0.15, 0.2) is 6.61 Å². The molecule has 2 aromatic carbocycles. The normalized spacial score (nSPS) is 16.4. The predicted molar refractivity (Wildman–Crippen MR) is 115 cm³/mol. The van der Waals surface area contributed by atoms with Gasteiger partial charge in [-0.3, -0.25) is 4.79 Å². The molecule has 4 rings (SSSR count). The fraction of sp³-hybridized carbons (Fsp3) is 0.318. The van der Waals surface area contributed by atoms with Crippen LogP contribution >= 0.6 is 0 Å². The molecule has 3 aromatic rings. The third kappa shape index (κ3) is 4.37. The van der Waals surface area contributed by atoms with Gasteiger partial charge in [0.1, 0.15) is 11.8 Å². The monoisotopic (exact) mass is 457 g/mol. The molecule has 1 atom stereocenters. The van der Waals surface area contributed by atoms with Gasteiger partial charge in [0.25, 0.3) is 5.89 Å². The van der Waals surface area contributed by atoms with Crippen molar-refractivity contribution in [3.8, 4) is 17.1 Å². The Bertz CT molecular complexity index is 1220. The van der Waals surface area contributed by atoms with Crippen molar-refractivity contribution in [1.29, 1.82) is 0 Å². The zero-order chi connectivity index (χ0) is 22.7. The largest absolute Gasteiger partial charge is 0.496 e. The lowest BCUT2D eigenvalue weighted by atomic mass is 9.96. The number of hydrogen-bond donors (Lipinski definition) is 0. The minimum Gasteiger partial charge on any atom is -0.496 e. The van der Waals surface area contributed by atoms with Crippen LogP contribution in [-0.4, -0.2) is 47.7 Å². The Morgan fingerprint density at radius 2 is 1.88 bits per heavy atom. The van der Waals surface area contributed by atoms with E-state index in [1.165, 1.54) is 4.31 Å². The molecule has 1 aliphatic heterocycles. The van der Waals surface area contributed by atoms with Gasteiger partial charge in [-0.2, -0.15) is 9.29 Å². The second-order valence-corrected chi connectivity index (χ2v) is 9.46. The van der Waals surface area contributed by atoms with Gasteiger partial charge in [-0.1, -0.05) is 41.6 Å². The molecule has 9 nitrogen and oxygen atoms in total. The van der Waals surface area contributed by atoms with E-state index in [-0.39, 0.29) is 31.2 Å². The smallest absolute Gasteiger partial charge is 0.325 e. The lowest BCUT2D eigenvalue weighted by Crippen LogP contribution is -2.49. The molecule has 1 aromatic heterocycles. The van der Waals surface area contributed by atoms with E-state index in [4.69, 9.17) is 14.0 Å². The molecular weight excluding hydrogens is 434 g/mol. The minimum absolute atomic E-state index is 0.0976. The van der Waals surface area contributed by atoms with Crippen molar-refractivity contribution in [3.63, 3.8) is 0 Å². The van der Waals surface area contributed by atoms with Gasteiger partial charge in [0.05, 0.1) is 18.4 Å². The maximum absolute atomic E-state index is 12.9. The van der Waals surface area contributed by atoms with Crippen molar-refractivity contribution < 1.29 is 27.2 Å². The molecule has 168 valence electrons. The van der Waals surface area contributed by atoms with E-state index >= 15 is 0 Å². The standard InChI is InChI=1S/C22H23N3O6S/c1-3-32(27,28)25-13-16-9-5-4-8-15(16)12-18(25)22(26)30-14-20-23-21(24-31-20)17-10-6-7-11-19(17)29-2/h4-11,18H,3,12-14H2,1-2H3/t18-/m1/s1. The summed E-state index contributed by atoms with van der Waals surface area (Å²) in [4.78, 5) is 17.2. The molecule has 2 heterocycles. The van der Waals surface area contributed by atoms with Crippen molar-refractivity contribution in [2.45, 2.75) is 32.5 Å². The number of benzene rings is 2. The Hall–Kier alpha value is -3.24. The van der Waals surface area contributed by atoms with Crippen LogP contribution in [0.25, 0.3) is 11.4 Å². The molecule has 0 bridgehead atoms. The summed E-state index contributed by atoms with van der Waals surface area (Å²) in [7, 11) is -2.07.